The van der Waals surface area contributed by atoms with Gasteiger partial charge in [-0.25, -0.2) is 9.18 Å². The first-order valence-electron chi connectivity index (χ1n) is 8.77. The number of H-pyrrole nitrogens is 1. The molecule has 1 saturated heterocycles. The van der Waals surface area contributed by atoms with Crippen LogP contribution in [0.2, 0.25) is 0 Å². The Balaban J connectivity index is 1.60. The molecule has 7 nitrogen and oxygen atoms in total. The summed E-state index contributed by atoms with van der Waals surface area (Å²) in [6, 6.07) is 4.84. The molecule has 0 aliphatic carbocycles. The molecule has 2 N–H and O–H groups in total. The minimum absolute atomic E-state index is 0.283. The zero-order valence-electron chi connectivity index (χ0n) is 14.7. The number of piperazine rings is 1. The number of hydrogen-bond donors (Lipinski definition) is 2. The van der Waals surface area contributed by atoms with Gasteiger partial charge in [0.05, 0.1) is 7.11 Å². The molecule has 0 atom stereocenters. The quantitative estimate of drug-likeness (QED) is 0.843. The minimum atomic E-state index is -0.331. The second-order valence-electron chi connectivity index (χ2n) is 6.63. The van der Waals surface area contributed by atoms with Crippen LogP contribution in [0.15, 0.2) is 23.0 Å². The number of benzene rings is 1. The Morgan fingerprint density at radius 3 is 2.85 bits per heavy atom. The molecule has 138 valence electrons. The molecular weight excluding hydrogens is 337 g/mol. The summed E-state index contributed by atoms with van der Waals surface area (Å²) in [7, 11) is 1.54. The van der Waals surface area contributed by atoms with Gasteiger partial charge in [-0.3, -0.25) is 4.90 Å². The molecular formula is C18H22FN5O2. The summed E-state index contributed by atoms with van der Waals surface area (Å²) >= 11 is 0. The maximum Gasteiger partial charge on any atom is 0.347 e. The van der Waals surface area contributed by atoms with Crippen molar-refractivity contribution < 1.29 is 9.13 Å². The molecule has 4 rings (SSSR count). The number of rotatable bonds is 4. The lowest BCUT2D eigenvalue weighted by molar-refractivity contribution is 0.263. The highest BCUT2D eigenvalue weighted by Crippen LogP contribution is 2.31. The third kappa shape index (κ3) is 3.17. The molecule has 0 bridgehead atoms. The molecule has 0 amide bonds. The maximum absolute atomic E-state index is 14.3. The summed E-state index contributed by atoms with van der Waals surface area (Å²) in [5.74, 6) is 1.01. The fourth-order valence-electron chi connectivity index (χ4n) is 3.69. The van der Waals surface area contributed by atoms with Crippen molar-refractivity contribution in [2.45, 2.75) is 19.6 Å². The average Bonchev–Trinajstić information content (AvgIpc) is 3.05. The van der Waals surface area contributed by atoms with Gasteiger partial charge in [-0.1, -0.05) is 6.07 Å². The fourth-order valence-corrected chi connectivity index (χ4v) is 3.69. The molecule has 2 aliphatic heterocycles. The van der Waals surface area contributed by atoms with E-state index in [1.807, 2.05) is 0 Å². The number of nitrogens with one attached hydrogen (secondary N) is 2. The van der Waals surface area contributed by atoms with Crippen molar-refractivity contribution in [1.82, 2.24) is 20.2 Å². The van der Waals surface area contributed by atoms with Gasteiger partial charge in [0.25, 0.3) is 0 Å². The summed E-state index contributed by atoms with van der Waals surface area (Å²) in [6.45, 7) is 4.99. The standard InChI is InChI=1S/C18H22FN5O2/c1-26-16-4-2-3-14(19)12(16)9-23-10-13-15(11-23)21-18(25)22-17(13)24-7-5-20-6-8-24/h2-4,20H,5-11H2,1H3,(H,21,22,25). The van der Waals surface area contributed by atoms with E-state index in [9.17, 15) is 9.18 Å². The number of fused-ring (bicyclic) bond motifs is 1. The van der Waals surface area contributed by atoms with E-state index in [1.165, 1.54) is 6.07 Å². The molecule has 0 unspecified atom stereocenters. The maximum atomic E-state index is 14.3. The van der Waals surface area contributed by atoms with Crippen molar-refractivity contribution in [3.8, 4) is 5.75 Å². The van der Waals surface area contributed by atoms with Crippen molar-refractivity contribution in [1.29, 1.82) is 0 Å². The molecule has 26 heavy (non-hydrogen) atoms. The molecule has 3 heterocycles. The van der Waals surface area contributed by atoms with E-state index in [4.69, 9.17) is 4.74 Å². The summed E-state index contributed by atoms with van der Waals surface area (Å²) in [6.07, 6.45) is 0. The topological polar surface area (TPSA) is 73.5 Å². The molecule has 2 aliphatic rings. The van der Waals surface area contributed by atoms with Gasteiger partial charge in [-0.2, -0.15) is 4.98 Å². The fraction of sp³-hybridized carbons (Fsp3) is 0.444. The van der Waals surface area contributed by atoms with Crippen LogP contribution >= 0.6 is 0 Å². The zero-order chi connectivity index (χ0) is 18.1. The Bertz CT molecular complexity index is 863. The molecule has 1 aromatic carbocycles. The minimum Gasteiger partial charge on any atom is -0.496 e. The number of nitrogens with zero attached hydrogens (tertiary/aromatic N) is 3. The number of halogens is 1. The molecule has 0 saturated carbocycles. The Hall–Kier alpha value is -2.45. The van der Waals surface area contributed by atoms with Gasteiger partial charge < -0.3 is 19.9 Å². The number of anilines is 1. The van der Waals surface area contributed by atoms with Crippen LogP contribution in [0, 0.1) is 5.82 Å². The lowest BCUT2D eigenvalue weighted by Crippen LogP contribution is -2.45. The Morgan fingerprint density at radius 2 is 2.08 bits per heavy atom. The summed E-state index contributed by atoms with van der Waals surface area (Å²) in [4.78, 5) is 23.3. The predicted octanol–water partition coefficient (Wildman–Crippen LogP) is 0.843. The Labute approximate surface area is 150 Å². The number of ether oxygens (including phenoxy) is 1. The van der Waals surface area contributed by atoms with Gasteiger partial charge in [0.2, 0.25) is 0 Å². The summed E-state index contributed by atoms with van der Waals surface area (Å²) < 4.78 is 19.6. The predicted molar refractivity (Wildman–Crippen MR) is 95.8 cm³/mol. The molecule has 8 heteroatoms. The van der Waals surface area contributed by atoms with Gasteiger partial charge in [0.1, 0.15) is 17.4 Å². The van der Waals surface area contributed by atoms with Gasteiger partial charge >= 0.3 is 5.69 Å². The van der Waals surface area contributed by atoms with E-state index in [-0.39, 0.29) is 11.5 Å². The highest BCUT2D eigenvalue weighted by molar-refractivity contribution is 5.50. The monoisotopic (exact) mass is 359 g/mol. The smallest absolute Gasteiger partial charge is 0.347 e. The van der Waals surface area contributed by atoms with Crippen LogP contribution in [-0.2, 0) is 19.6 Å². The van der Waals surface area contributed by atoms with Gasteiger partial charge in [-0.05, 0) is 12.1 Å². The van der Waals surface area contributed by atoms with Crippen molar-refractivity contribution in [2.75, 3.05) is 38.2 Å². The first-order chi connectivity index (χ1) is 12.7. The largest absolute Gasteiger partial charge is 0.496 e. The number of hydrogen-bond acceptors (Lipinski definition) is 6. The Kier molecular flexibility index (Phi) is 4.60. The van der Waals surface area contributed by atoms with E-state index in [0.29, 0.717) is 30.9 Å². The van der Waals surface area contributed by atoms with E-state index in [1.54, 1.807) is 19.2 Å². The van der Waals surface area contributed by atoms with Crippen molar-refractivity contribution in [3.63, 3.8) is 0 Å². The molecule has 1 aromatic heterocycles. The molecule has 0 radical (unpaired) electrons. The highest BCUT2D eigenvalue weighted by atomic mass is 19.1. The second-order valence-corrected chi connectivity index (χ2v) is 6.63. The highest BCUT2D eigenvalue weighted by Gasteiger charge is 2.28. The van der Waals surface area contributed by atoms with E-state index >= 15 is 0 Å². The summed E-state index contributed by atoms with van der Waals surface area (Å²) in [5.41, 5.74) is 2.10. The first-order valence-corrected chi connectivity index (χ1v) is 8.77. The van der Waals surface area contributed by atoms with Gasteiger partial charge in [0, 0.05) is 62.6 Å². The van der Waals surface area contributed by atoms with Crippen LogP contribution in [0.3, 0.4) is 0 Å². The molecule has 1 fully saturated rings. The Morgan fingerprint density at radius 1 is 1.27 bits per heavy atom. The summed E-state index contributed by atoms with van der Waals surface area (Å²) in [5, 5.41) is 3.31. The SMILES string of the molecule is COc1cccc(F)c1CN1Cc2[nH]c(=O)nc(N3CCNCC3)c2C1. The van der Waals surface area contributed by atoms with Crippen molar-refractivity contribution in [3.05, 3.63) is 51.3 Å². The second kappa shape index (κ2) is 7.05. The van der Waals surface area contributed by atoms with Crippen LogP contribution < -0.4 is 20.6 Å². The van der Waals surface area contributed by atoms with Crippen LogP contribution in [0.1, 0.15) is 16.8 Å². The van der Waals surface area contributed by atoms with Crippen LogP contribution in [0.25, 0.3) is 0 Å². The average molecular weight is 359 g/mol. The number of aromatic amines is 1. The van der Waals surface area contributed by atoms with E-state index in [2.05, 4.69) is 25.1 Å². The van der Waals surface area contributed by atoms with Crippen LogP contribution in [-0.4, -0.2) is 48.2 Å². The van der Waals surface area contributed by atoms with E-state index in [0.717, 1.165) is 43.3 Å². The van der Waals surface area contributed by atoms with Gasteiger partial charge in [-0.15, -0.1) is 0 Å². The van der Waals surface area contributed by atoms with E-state index < -0.39 is 0 Å². The zero-order valence-corrected chi connectivity index (χ0v) is 14.7. The number of methoxy groups -OCH3 is 1. The normalized spacial score (nSPS) is 17.4. The first kappa shape index (κ1) is 17.0. The third-order valence-corrected chi connectivity index (χ3v) is 4.96. The van der Waals surface area contributed by atoms with Gasteiger partial charge in [0.15, 0.2) is 0 Å². The van der Waals surface area contributed by atoms with Crippen molar-refractivity contribution in [2.24, 2.45) is 0 Å². The number of aromatic nitrogens is 2. The lowest BCUT2D eigenvalue weighted by Gasteiger charge is -2.29. The van der Waals surface area contributed by atoms with Crippen molar-refractivity contribution >= 4 is 5.82 Å². The molecule has 0 spiro atoms. The molecule has 2 aromatic rings. The van der Waals surface area contributed by atoms with Crippen LogP contribution in [0.4, 0.5) is 10.2 Å². The van der Waals surface area contributed by atoms with Crippen LogP contribution in [0.5, 0.6) is 5.75 Å². The lowest BCUT2D eigenvalue weighted by atomic mass is 10.1. The third-order valence-electron chi connectivity index (χ3n) is 4.96.